The Kier molecular flexibility index (Phi) is 6.49. The number of hydrogen-bond donors (Lipinski definition) is 0. The zero-order valence-electron chi connectivity index (χ0n) is 15.0. The van der Waals surface area contributed by atoms with Gasteiger partial charge in [-0.2, -0.15) is 5.26 Å². The quantitative estimate of drug-likeness (QED) is 0.368. The van der Waals surface area contributed by atoms with Crippen LogP contribution in [0, 0.1) is 11.3 Å². The highest BCUT2D eigenvalue weighted by atomic mass is 35.5. The molecule has 140 valence electrons. The Morgan fingerprint density at radius 1 is 1.18 bits per heavy atom. The highest BCUT2D eigenvalue weighted by Crippen LogP contribution is 2.24. The Labute approximate surface area is 172 Å². The zero-order chi connectivity index (χ0) is 19.9. The molecule has 2 aromatic carbocycles. The average Bonchev–Trinajstić information content (AvgIpc) is 3.17. The Hall–Kier alpha value is -3.07. The van der Waals surface area contributed by atoms with Crippen molar-refractivity contribution in [2.75, 3.05) is 7.11 Å². The standard InChI is InChI=1S/C22H16ClNO3S/c1-26-20-9-5-15(4-8-19(25)21-10-11-22(23)28-21)12-17(20)14-27-18-6-2-16(13-24)3-7-18/h2-12H,14H2,1H3/b8-4+. The second-order valence-electron chi connectivity index (χ2n) is 5.80. The maximum absolute atomic E-state index is 12.2. The van der Waals surface area contributed by atoms with E-state index in [1.165, 1.54) is 17.4 Å². The fraction of sp³-hybridized carbons (Fsp3) is 0.0909. The molecule has 0 amide bonds. The van der Waals surface area contributed by atoms with Crippen molar-refractivity contribution in [2.45, 2.75) is 6.61 Å². The topological polar surface area (TPSA) is 59.3 Å². The first-order chi connectivity index (χ1) is 13.6. The lowest BCUT2D eigenvalue weighted by molar-refractivity contribution is 0.105. The summed E-state index contributed by atoms with van der Waals surface area (Å²) in [5.74, 6) is 1.26. The minimum Gasteiger partial charge on any atom is -0.496 e. The third-order valence-corrected chi connectivity index (χ3v) is 5.17. The molecule has 4 nitrogen and oxygen atoms in total. The Morgan fingerprint density at radius 3 is 2.61 bits per heavy atom. The lowest BCUT2D eigenvalue weighted by Gasteiger charge is -2.11. The highest BCUT2D eigenvalue weighted by molar-refractivity contribution is 7.18. The van der Waals surface area contributed by atoms with Crippen LogP contribution in [0.15, 0.2) is 60.7 Å². The summed E-state index contributed by atoms with van der Waals surface area (Å²) in [6, 6.07) is 18.0. The van der Waals surface area contributed by atoms with Crippen molar-refractivity contribution < 1.29 is 14.3 Å². The largest absolute Gasteiger partial charge is 0.496 e. The number of ether oxygens (including phenoxy) is 2. The average molecular weight is 410 g/mol. The molecular weight excluding hydrogens is 394 g/mol. The summed E-state index contributed by atoms with van der Waals surface area (Å²) in [7, 11) is 1.60. The van der Waals surface area contributed by atoms with Crippen molar-refractivity contribution in [3.63, 3.8) is 0 Å². The van der Waals surface area contributed by atoms with Gasteiger partial charge in [-0.1, -0.05) is 23.7 Å². The molecule has 0 aliphatic rings. The number of nitriles is 1. The van der Waals surface area contributed by atoms with Crippen molar-refractivity contribution in [2.24, 2.45) is 0 Å². The maximum atomic E-state index is 12.2. The van der Waals surface area contributed by atoms with Crippen molar-refractivity contribution in [3.05, 3.63) is 86.6 Å². The van der Waals surface area contributed by atoms with E-state index in [-0.39, 0.29) is 5.78 Å². The summed E-state index contributed by atoms with van der Waals surface area (Å²) in [6.07, 6.45) is 3.27. The van der Waals surface area contributed by atoms with Gasteiger partial charge in [-0.3, -0.25) is 4.79 Å². The minimum absolute atomic E-state index is 0.0944. The molecule has 0 fully saturated rings. The number of methoxy groups -OCH3 is 1. The smallest absolute Gasteiger partial charge is 0.195 e. The van der Waals surface area contributed by atoms with Crippen molar-refractivity contribution in [3.8, 4) is 17.6 Å². The molecule has 3 rings (SSSR count). The minimum atomic E-state index is -0.0944. The van der Waals surface area contributed by atoms with Crippen LogP contribution in [-0.4, -0.2) is 12.9 Å². The van der Waals surface area contributed by atoms with Gasteiger partial charge < -0.3 is 9.47 Å². The van der Waals surface area contributed by atoms with Crippen molar-refractivity contribution >= 4 is 34.8 Å². The molecule has 28 heavy (non-hydrogen) atoms. The first kappa shape index (κ1) is 19.7. The SMILES string of the molecule is COc1ccc(/C=C/C(=O)c2ccc(Cl)s2)cc1COc1ccc(C#N)cc1. The van der Waals surface area contributed by atoms with Gasteiger partial charge in [-0.05, 0) is 60.2 Å². The number of rotatable bonds is 7. The number of allylic oxidation sites excluding steroid dienone is 1. The Balaban J connectivity index is 1.72. The number of benzene rings is 2. The normalized spacial score (nSPS) is 10.6. The van der Waals surface area contributed by atoms with Gasteiger partial charge in [0.05, 0.1) is 28.0 Å². The molecule has 0 atom stereocenters. The van der Waals surface area contributed by atoms with Gasteiger partial charge >= 0.3 is 0 Å². The second kappa shape index (κ2) is 9.23. The van der Waals surface area contributed by atoms with E-state index in [2.05, 4.69) is 6.07 Å². The Morgan fingerprint density at radius 2 is 1.96 bits per heavy atom. The number of halogens is 1. The van der Waals surface area contributed by atoms with Crippen LogP contribution in [0.3, 0.4) is 0 Å². The van der Waals surface area contributed by atoms with Crippen molar-refractivity contribution in [1.82, 2.24) is 0 Å². The van der Waals surface area contributed by atoms with Crippen LogP contribution in [-0.2, 0) is 6.61 Å². The summed E-state index contributed by atoms with van der Waals surface area (Å²) in [4.78, 5) is 12.8. The highest BCUT2D eigenvalue weighted by Gasteiger charge is 2.07. The molecule has 0 unspecified atom stereocenters. The van der Waals surface area contributed by atoms with Crippen LogP contribution in [0.4, 0.5) is 0 Å². The van der Waals surface area contributed by atoms with Crippen LogP contribution in [0.5, 0.6) is 11.5 Å². The molecular formula is C22H16ClNO3S. The monoisotopic (exact) mass is 409 g/mol. The Bertz CT molecular complexity index is 1050. The molecule has 6 heteroatoms. The van der Waals surface area contributed by atoms with Crippen LogP contribution in [0.1, 0.15) is 26.4 Å². The summed E-state index contributed by atoms with van der Waals surface area (Å²) in [6.45, 7) is 0.297. The van der Waals surface area contributed by atoms with Crippen molar-refractivity contribution in [1.29, 1.82) is 5.26 Å². The van der Waals surface area contributed by atoms with Gasteiger partial charge in [0.1, 0.15) is 18.1 Å². The van der Waals surface area contributed by atoms with Crippen LogP contribution >= 0.6 is 22.9 Å². The fourth-order valence-corrected chi connectivity index (χ4v) is 3.47. The van der Waals surface area contributed by atoms with E-state index < -0.39 is 0 Å². The molecule has 0 bridgehead atoms. The molecule has 0 spiro atoms. The molecule has 3 aromatic rings. The van der Waals surface area contributed by atoms with E-state index in [0.29, 0.717) is 32.9 Å². The lowest BCUT2D eigenvalue weighted by atomic mass is 10.1. The molecule has 0 saturated heterocycles. The van der Waals surface area contributed by atoms with Gasteiger partial charge in [0.25, 0.3) is 0 Å². The van der Waals surface area contributed by atoms with Gasteiger partial charge in [0.2, 0.25) is 0 Å². The predicted molar refractivity (Wildman–Crippen MR) is 111 cm³/mol. The fourth-order valence-electron chi connectivity index (χ4n) is 2.50. The van der Waals surface area contributed by atoms with E-state index in [1.54, 1.807) is 49.6 Å². The maximum Gasteiger partial charge on any atom is 0.195 e. The summed E-state index contributed by atoms with van der Waals surface area (Å²) in [5, 5.41) is 8.86. The molecule has 1 heterocycles. The molecule has 0 N–H and O–H groups in total. The third kappa shape index (κ3) is 5.01. The summed E-state index contributed by atoms with van der Waals surface area (Å²) < 4.78 is 11.8. The second-order valence-corrected chi connectivity index (χ2v) is 7.51. The van der Waals surface area contributed by atoms with Gasteiger partial charge in [-0.15, -0.1) is 11.3 Å². The van der Waals surface area contributed by atoms with Gasteiger partial charge in [0.15, 0.2) is 5.78 Å². The van der Waals surface area contributed by atoms with Crippen LogP contribution in [0.25, 0.3) is 6.08 Å². The summed E-state index contributed by atoms with van der Waals surface area (Å²) >= 11 is 7.13. The lowest BCUT2D eigenvalue weighted by Crippen LogP contribution is -1.99. The number of carbonyl (C=O) groups is 1. The molecule has 0 aliphatic heterocycles. The number of nitrogens with zero attached hydrogens (tertiary/aromatic N) is 1. The van der Waals surface area contributed by atoms with E-state index in [9.17, 15) is 4.79 Å². The number of thiophene rings is 1. The van der Waals surface area contributed by atoms with E-state index >= 15 is 0 Å². The first-order valence-corrected chi connectivity index (χ1v) is 9.56. The first-order valence-electron chi connectivity index (χ1n) is 8.36. The molecule has 0 radical (unpaired) electrons. The molecule has 0 aliphatic carbocycles. The number of carbonyl (C=O) groups excluding carboxylic acids is 1. The number of ketones is 1. The van der Waals surface area contributed by atoms with Crippen LogP contribution in [0.2, 0.25) is 4.34 Å². The van der Waals surface area contributed by atoms with E-state index in [1.807, 2.05) is 18.2 Å². The van der Waals surface area contributed by atoms with Gasteiger partial charge in [0, 0.05) is 5.56 Å². The number of hydrogen-bond acceptors (Lipinski definition) is 5. The molecule has 0 saturated carbocycles. The predicted octanol–water partition coefficient (Wildman–Crippen LogP) is 5.76. The zero-order valence-corrected chi connectivity index (χ0v) is 16.6. The third-order valence-electron chi connectivity index (χ3n) is 3.93. The summed E-state index contributed by atoms with van der Waals surface area (Å²) in [5.41, 5.74) is 2.28. The van der Waals surface area contributed by atoms with E-state index in [0.717, 1.165) is 11.1 Å². The molecule has 1 aromatic heterocycles. The van der Waals surface area contributed by atoms with E-state index in [4.69, 9.17) is 26.3 Å². The van der Waals surface area contributed by atoms with Gasteiger partial charge in [-0.25, -0.2) is 0 Å². The van der Waals surface area contributed by atoms with Crippen LogP contribution < -0.4 is 9.47 Å².